The van der Waals surface area contributed by atoms with Gasteiger partial charge in [-0.3, -0.25) is 0 Å². The van der Waals surface area contributed by atoms with E-state index in [1.807, 2.05) is 0 Å². The molecule has 2 atom stereocenters. The smallest absolute Gasteiger partial charge is 0.221 e. The highest BCUT2D eigenvalue weighted by molar-refractivity contribution is 7.89. The van der Waals surface area contributed by atoms with Crippen molar-refractivity contribution in [2.24, 2.45) is 5.92 Å². The van der Waals surface area contributed by atoms with Crippen molar-refractivity contribution in [3.05, 3.63) is 12.3 Å². The second-order valence-electron chi connectivity index (χ2n) is 4.91. The fraction of sp³-hybridized carbons (Fsp3) is 0.636. The third-order valence-corrected chi connectivity index (χ3v) is 5.15. The number of aromatic nitrogens is 2. The fourth-order valence-corrected chi connectivity index (χ4v) is 3.15. The summed E-state index contributed by atoms with van der Waals surface area (Å²) in [6.45, 7) is 0.850. The molecule has 8 nitrogen and oxygen atoms in total. The third-order valence-electron chi connectivity index (χ3n) is 3.19. The van der Waals surface area contributed by atoms with Gasteiger partial charge in [-0.2, -0.15) is 4.98 Å². The van der Waals surface area contributed by atoms with Crippen LogP contribution < -0.4 is 11.1 Å². The first-order valence-corrected chi connectivity index (χ1v) is 7.82. The summed E-state index contributed by atoms with van der Waals surface area (Å²) >= 11 is 0. The number of ether oxygens (including phenoxy) is 1. The Bertz CT molecular complexity index is 563. The molecular formula is C11H19N5O3S. The van der Waals surface area contributed by atoms with Crippen molar-refractivity contribution < 1.29 is 13.2 Å². The Morgan fingerprint density at radius 3 is 2.90 bits per heavy atom. The molecule has 0 aromatic carbocycles. The van der Waals surface area contributed by atoms with Crippen LogP contribution in [-0.2, 0) is 14.8 Å². The van der Waals surface area contributed by atoms with E-state index >= 15 is 0 Å². The number of nitrogens with zero attached hydrogens (tertiary/aromatic N) is 3. The normalized spacial score (nSPS) is 23.1. The van der Waals surface area contributed by atoms with Crippen molar-refractivity contribution in [2.45, 2.75) is 6.04 Å². The monoisotopic (exact) mass is 301 g/mol. The van der Waals surface area contributed by atoms with Gasteiger partial charge in [-0.1, -0.05) is 0 Å². The number of hydrogen-bond donors (Lipinski definition) is 2. The standard InChI is InChI=1S/C11H19N5O3S/c1-16(2)20(17,18)7-8-5-19-6-9(8)14-10-3-4-13-11(12)15-10/h3-4,8-9H,5-7H2,1-2H3,(H3,12,13,14,15)/t8-,9-/m0/s1. The highest BCUT2D eigenvalue weighted by Gasteiger charge is 2.33. The van der Waals surface area contributed by atoms with E-state index in [4.69, 9.17) is 10.5 Å². The minimum Gasteiger partial charge on any atom is -0.379 e. The molecule has 2 rings (SSSR count). The molecule has 0 spiro atoms. The van der Waals surface area contributed by atoms with E-state index in [0.717, 1.165) is 0 Å². The minimum atomic E-state index is -3.26. The van der Waals surface area contributed by atoms with Crippen molar-refractivity contribution in [1.29, 1.82) is 0 Å². The zero-order valence-corrected chi connectivity index (χ0v) is 12.3. The molecule has 0 aliphatic carbocycles. The quantitative estimate of drug-likeness (QED) is 0.745. The number of nitrogen functional groups attached to an aromatic ring is 1. The Kier molecular flexibility index (Phi) is 4.41. The number of sulfonamides is 1. The maximum Gasteiger partial charge on any atom is 0.221 e. The molecule has 1 aromatic heterocycles. The van der Waals surface area contributed by atoms with Gasteiger partial charge in [-0.25, -0.2) is 17.7 Å². The van der Waals surface area contributed by atoms with Crippen LogP contribution in [0.15, 0.2) is 12.3 Å². The van der Waals surface area contributed by atoms with Gasteiger partial charge >= 0.3 is 0 Å². The molecule has 3 N–H and O–H groups in total. The van der Waals surface area contributed by atoms with Crippen LogP contribution in [0.1, 0.15) is 0 Å². The minimum absolute atomic E-state index is 0.0399. The molecular weight excluding hydrogens is 282 g/mol. The second kappa shape index (κ2) is 5.90. The second-order valence-corrected chi connectivity index (χ2v) is 7.14. The average molecular weight is 301 g/mol. The topological polar surface area (TPSA) is 110 Å². The average Bonchev–Trinajstić information content (AvgIpc) is 2.75. The maximum atomic E-state index is 11.9. The predicted molar refractivity (Wildman–Crippen MR) is 75.6 cm³/mol. The van der Waals surface area contributed by atoms with Crippen LogP contribution in [0.5, 0.6) is 0 Å². The number of nitrogens with one attached hydrogen (secondary N) is 1. The molecule has 1 aliphatic rings. The number of anilines is 2. The molecule has 1 aliphatic heterocycles. The Morgan fingerprint density at radius 1 is 1.50 bits per heavy atom. The number of nitrogens with two attached hydrogens (primary N) is 1. The van der Waals surface area contributed by atoms with Gasteiger partial charge in [0, 0.05) is 26.2 Å². The third kappa shape index (κ3) is 3.56. The molecule has 1 fully saturated rings. The van der Waals surface area contributed by atoms with Gasteiger partial charge in [0.15, 0.2) is 0 Å². The summed E-state index contributed by atoms with van der Waals surface area (Å²) in [4.78, 5) is 7.85. The summed E-state index contributed by atoms with van der Waals surface area (Å²) in [5.74, 6) is 0.656. The Balaban J connectivity index is 2.04. The Labute approximate surface area is 118 Å². The molecule has 112 valence electrons. The molecule has 1 aromatic rings. The van der Waals surface area contributed by atoms with E-state index in [1.165, 1.54) is 18.4 Å². The summed E-state index contributed by atoms with van der Waals surface area (Å²) in [5.41, 5.74) is 5.51. The van der Waals surface area contributed by atoms with E-state index in [0.29, 0.717) is 19.0 Å². The molecule has 9 heteroatoms. The van der Waals surface area contributed by atoms with Gasteiger partial charge in [0.2, 0.25) is 16.0 Å². The first-order chi connectivity index (χ1) is 9.38. The molecule has 0 saturated carbocycles. The lowest BCUT2D eigenvalue weighted by molar-refractivity contribution is 0.187. The van der Waals surface area contributed by atoms with Crippen molar-refractivity contribution in [2.75, 3.05) is 44.1 Å². The van der Waals surface area contributed by atoms with Crippen molar-refractivity contribution in [3.8, 4) is 0 Å². The summed E-state index contributed by atoms with van der Waals surface area (Å²) in [5, 5.41) is 3.15. The SMILES string of the molecule is CN(C)S(=O)(=O)C[C@@H]1COC[C@@H]1Nc1ccnc(N)n1. The predicted octanol–water partition coefficient (Wildman–Crippen LogP) is -0.623. The Hall–Kier alpha value is -1.45. The van der Waals surface area contributed by atoms with E-state index in [2.05, 4.69) is 15.3 Å². The Morgan fingerprint density at radius 2 is 2.25 bits per heavy atom. The van der Waals surface area contributed by atoms with Crippen LogP contribution in [0.3, 0.4) is 0 Å². The van der Waals surface area contributed by atoms with E-state index in [9.17, 15) is 8.42 Å². The van der Waals surface area contributed by atoms with E-state index < -0.39 is 10.0 Å². The van der Waals surface area contributed by atoms with Gasteiger partial charge in [0.25, 0.3) is 0 Å². The lowest BCUT2D eigenvalue weighted by atomic mass is 10.1. The molecule has 1 saturated heterocycles. The van der Waals surface area contributed by atoms with Gasteiger partial charge < -0.3 is 15.8 Å². The largest absolute Gasteiger partial charge is 0.379 e. The van der Waals surface area contributed by atoms with Gasteiger partial charge in [0.05, 0.1) is 25.0 Å². The van der Waals surface area contributed by atoms with E-state index in [-0.39, 0.29) is 23.7 Å². The van der Waals surface area contributed by atoms with Crippen LogP contribution in [0.4, 0.5) is 11.8 Å². The van der Waals surface area contributed by atoms with Crippen LogP contribution in [0, 0.1) is 5.92 Å². The van der Waals surface area contributed by atoms with Crippen LogP contribution in [0.2, 0.25) is 0 Å². The molecule has 0 unspecified atom stereocenters. The summed E-state index contributed by atoms with van der Waals surface area (Å²) in [6.07, 6.45) is 1.55. The van der Waals surface area contributed by atoms with Crippen LogP contribution >= 0.6 is 0 Å². The van der Waals surface area contributed by atoms with Crippen molar-refractivity contribution >= 4 is 21.8 Å². The van der Waals surface area contributed by atoms with Gasteiger partial charge in [-0.15, -0.1) is 0 Å². The number of rotatable bonds is 5. The molecule has 20 heavy (non-hydrogen) atoms. The highest BCUT2D eigenvalue weighted by atomic mass is 32.2. The van der Waals surface area contributed by atoms with Crippen molar-refractivity contribution in [3.63, 3.8) is 0 Å². The molecule has 0 radical (unpaired) electrons. The molecule has 2 heterocycles. The van der Waals surface area contributed by atoms with Crippen LogP contribution in [-0.4, -0.2) is 61.8 Å². The van der Waals surface area contributed by atoms with Gasteiger partial charge in [0.1, 0.15) is 5.82 Å². The van der Waals surface area contributed by atoms with Crippen molar-refractivity contribution in [1.82, 2.24) is 14.3 Å². The fourth-order valence-electron chi connectivity index (χ4n) is 1.99. The van der Waals surface area contributed by atoms with E-state index in [1.54, 1.807) is 12.3 Å². The summed E-state index contributed by atoms with van der Waals surface area (Å²) < 4.78 is 30.5. The van der Waals surface area contributed by atoms with Crippen LogP contribution in [0.25, 0.3) is 0 Å². The first kappa shape index (κ1) is 14.9. The molecule has 0 amide bonds. The zero-order chi connectivity index (χ0) is 14.8. The number of hydrogen-bond acceptors (Lipinski definition) is 7. The highest BCUT2D eigenvalue weighted by Crippen LogP contribution is 2.20. The van der Waals surface area contributed by atoms with Gasteiger partial charge in [-0.05, 0) is 6.07 Å². The summed E-state index contributed by atoms with van der Waals surface area (Å²) in [6, 6.07) is 1.57. The lowest BCUT2D eigenvalue weighted by Gasteiger charge is -2.21. The first-order valence-electron chi connectivity index (χ1n) is 6.21. The lowest BCUT2D eigenvalue weighted by Crippen LogP contribution is -2.37. The zero-order valence-electron chi connectivity index (χ0n) is 11.5. The summed E-state index contributed by atoms with van der Waals surface area (Å²) in [7, 11) is -0.206. The maximum absolute atomic E-state index is 11.9. The molecule has 0 bridgehead atoms.